The first-order valence-corrected chi connectivity index (χ1v) is 11.4. The van der Waals surface area contributed by atoms with Gasteiger partial charge in [0, 0.05) is 37.7 Å². The van der Waals surface area contributed by atoms with E-state index in [9.17, 15) is 14.4 Å². The van der Waals surface area contributed by atoms with Crippen LogP contribution in [-0.2, 0) is 14.3 Å². The van der Waals surface area contributed by atoms with Crippen molar-refractivity contribution in [3.63, 3.8) is 0 Å². The van der Waals surface area contributed by atoms with Crippen LogP contribution >= 0.6 is 24.0 Å². The van der Waals surface area contributed by atoms with Gasteiger partial charge in [0.25, 0.3) is 5.91 Å². The van der Waals surface area contributed by atoms with E-state index in [1.807, 2.05) is 0 Å². The highest BCUT2D eigenvalue weighted by Crippen LogP contribution is 2.32. The Kier molecular flexibility index (Phi) is 7.23. The largest absolute Gasteiger partial charge is 0.478 e. The van der Waals surface area contributed by atoms with Crippen LogP contribution in [0.1, 0.15) is 22.5 Å². The molecule has 0 spiro atoms. The number of morpholine rings is 1. The molecule has 0 aliphatic carbocycles. The second kappa shape index (κ2) is 10.3. The molecule has 2 saturated heterocycles. The van der Waals surface area contributed by atoms with Crippen molar-refractivity contribution in [3.8, 4) is 11.3 Å². The number of hydrazine groups is 1. The molecule has 9 nitrogen and oxygen atoms in total. The van der Waals surface area contributed by atoms with Crippen molar-refractivity contribution in [1.82, 2.24) is 15.3 Å². The molecular formula is C22H21N3O6S2. The van der Waals surface area contributed by atoms with Crippen molar-refractivity contribution in [3.05, 3.63) is 52.6 Å². The van der Waals surface area contributed by atoms with Gasteiger partial charge in [-0.25, -0.2) is 4.79 Å². The highest BCUT2D eigenvalue weighted by Gasteiger charge is 2.34. The first-order valence-electron chi connectivity index (χ1n) is 10.2. The monoisotopic (exact) mass is 487 g/mol. The topological polar surface area (TPSA) is 112 Å². The predicted molar refractivity (Wildman–Crippen MR) is 126 cm³/mol. The van der Waals surface area contributed by atoms with Crippen LogP contribution in [0.5, 0.6) is 0 Å². The van der Waals surface area contributed by atoms with Gasteiger partial charge >= 0.3 is 5.97 Å². The molecule has 0 atom stereocenters. The minimum atomic E-state index is -1.00. The fraction of sp³-hybridized carbons (Fsp3) is 0.273. The third-order valence-corrected chi connectivity index (χ3v) is 6.41. The van der Waals surface area contributed by atoms with Crippen LogP contribution in [-0.4, -0.2) is 70.0 Å². The maximum absolute atomic E-state index is 12.8. The molecule has 3 heterocycles. The number of furan rings is 1. The van der Waals surface area contributed by atoms with E-state index in [4.69, 9.17) is 26.5 Å². The normalized spacial score (nSPS) is 18.2. The van der Waals surface area contributed by atoms with Gasteiger partial charge in [0.05, 0.1) is 23.7 Å². The number of hydrogen-bond acceptors (Lipinski definition) is 8. The van der Waals surface area contributed by atoms with E-state index in [-0.39, 0.29) is 22.2 Å². The molecule has 0 unspecified atom stereocenters. The van der Waals surface area contributed by atoms with Gasteiger partial charge in [0.15, 0.2) is 4.32 Å². The van der Waals surface area contributed by atoms with E-state index in [1.54, 1.807) is 30.3 Å². The Morgan fingerprint density at radius 3 is 2.58 bits per heavy atom. The second-order valence-corrected chi connectivity index (χ2v) is 9.02. The Labute approximate surface area is 199 Å². The molecule has 2 amide bonds. The number of carbonyl (C=O) groups is 3. The highest BCUT2D eigenvalue weighted by molar-refractivity contribution is 8.26. The van der Waals surface area contributed by atoms with Crippen molar-refractivity contribution in [2.45, 2.75) is 6.42 Å². The average Bonchev–Trinajstić information content (AvgIpc) is 3.39. The Bertz CT molecular complexity index is 1110. The molecule has 0 saturated carbocycles. The van der Waals surface area contributed by atoms with Crippen LogP contribution in [0.3, 0.4) is 0 Å². The quantitative estimate of drug-likeness (QED) is 0.449. The number of nitrogens with one attached hydrogen (secondary N) is 1. The molecule has 11 heteroatoms. The SMILES string of the molecule is O=C(CCN1CCOCC1)NN1C(=O)/C(=C\c2ccc(-c3ccc(C(=O)O)cc3)o2)SC1=S. The van der Waals surface area contributed by atoms with Gasteiger partial charge in [-0.05, 0) is 36.5 Å². The van der Waals surface area contributed by atoms with E-state index in [0.717, 1.165) is 29.9 Å². The van der Waals surface area contributed by atoms with Crippen LogP contribution in [0.4, 0.5) is 0 Å². The number of carbonyl (C=O) groups excluding carboxylic acids is 2. The Hall–Kier alpha value is -2.99. The summed E-state index contributed by atoms with van der Waals surface area (Å²) in [6.07, 6.45) is 1.81. The number of amides is 2. The fourth-order valence-corrected chi connectivity index (χ4v) is 4.48. The van der Waals surface area contributed by atoms with Crippen molar-refractivity contribution >= 4 is 52.2 Å². The molecule has 1 aromatic carbocycles. The van der Waals surface area contributed by atoms with Crippen LogP contribution in [0.15, 0.2) is 45.7 Å². The van der Waals surface area contributed by atoms with Crippen molar-refractivity contribution < 1.29 is 28.6 Å². The van der Waals surface area contributed by atoms with Crippen molar-refractivity contribution in [1.29, 1.82) is 0 Å². The molecule has 0 radical (unpaired) electrons. The Morgan fingerprint density at radius 1 is 1.15 bits per heavy atom. The number of hydrogen-bond donors (Lipinski definition) is 2. The van der Waals surface area contributed by atoms with E-state index < -0.39 is 11.9 Å². The summed E-state index contributed by atoms with van der Waals surface area (Å²) in [5.41, 5.74) is 3.47. The third-order valence-electron chi connectivity index (χ3n) is 5.11. The lowest BCUT2D eigenvalue weighted by Crippen LogP contribution is -2.46. The van der Waals surface area contributed by atoms with Gasteiger partial charge in [0.1, 0.15) is 11.5 Å². The zero-order valence-corrected chi connectivity index (χ0v) is 19.1. The summed E-state index contributed by atoms with van der Waals surface area (Å²) >= 11 is 6.34. The maximum atomic E-state index is 12.8. The molecule has 2 aromatic rings. The molecule has 2 aliphatic heterocycles. The number of thioether (sulfide) groups is 1. The molecule has 1 aromatic heterocycles. The van der Waals surface area contributed by atoms with Gasteiger partial charge in [-0.2, -0.15) is 5.01 Å². The lowest BCUT2D eigenvalue weighted by Gasteiger charge is -2.26. The average molecular weight is 488 g/mol. The summed E-state index contributed by atoms with van der Waals surface area (Å²) < 4.78 is 11.3. The Morgan fingerprint density at radius 2 is 1.88 bits per heavy atom. The first kappa shape index (κ1) is 23.2. The zero-order valence-electron chi connectivity index (χ0n) is 17.5. The Balaban J connectivity index is 1.37. The molecule has 2 N–H and O–H groups in total. The first-order chi connectivity index (χ1) is 15.9. The number of carboxylic acids is 1. The molecule has 0 bridgehead atoms. The van der Waals surface area contributed by atoms with Gasteiger partial charge in [-0.15, -0.1) is 0 Å². The number of aromatic carboxylic acids is 1. The summed E-state index contributed by atoms with van der Waals surface area (Å²) in [6, 6.07) is 9.72. The summed E-state index contributed by atoms with van der Waals surface area (Å²) in [5.74, 6) is -0.744. The fourth-order valence-electron chi connectivity index (χ4n) is 3.32. The molecule has 2 aliphatic rings. The van der Waals surface area contributed by atoms with E-state index in [2.05, 4.69) is 10.3 Å². The standard InChI is InChI=1S/C22H21N3O6S2/c26-19(7-8-24-9-11-30-12-10-24)23-25-20(27)18(33-22(25)32)13-16-5-6-17(31-16)14-1-3-15(4-2-14)21(28)29/h1-6,13H,7-12H2,(H,23,26)(H,28,29)/b18-13+. The molecule has 172 valence electrons. The number of thiocarbonyl (C=S) groups is 1. The lowest BCUT2D eigenvalue weighted by atomic mass is 10.1. The molecule has 33 heavy (non-hydrogen) atoms. The predicted octanol–water partition coefficient (Wildman–Crippen LogP) is 2.60. The van der Waals surface area contributed by atoms with Crippen LogP contribution < -0.4 is 5.43 Å². The summed E-state index contributed by atoms with van der Waals surface area (Å²) in [4.78, 5) is 38.5. The lowest BCUT2D eigenvalue weighted by molar-refractivity contribution is -0.133. The van der Waals surface area contributed by atoms with Gasteiger partial charge in [0.2, 0.25) is 5.91 Å². The number of ether oxygens (including phenoxy) is 1. The zero-order chi connectivity index (χ0) is 23.4. The minimum Gasteiger partial charge on any atom is -0.478 e. The summed E-state index contributed by atoms with van der Waals surface area (Å²) in [5, 5.41) is 10.1. The van der Waals surface area contributed by atoms with Gasteiger partial charge in [-0.3, -0.25) is 19.9 Å². The molecule has 4 rings (SSSR count). The summed E-state index contributed by atoms with van der Waals surface area (Å²) in [7, 11) is 0. The summed E-state index contributed by atoms with van der Waals surface area (Å²) in [6.45, 7) is 3.47. The van der Waals surface area contributed by atoms with Crippen molar-refractivity contribution in [2.24, 2.45) is 0 Å². The van der Waals surface area contributed by atoms with E-state index in [0.29, 0.717) is 41.7 Å². The maximum Gasteiger partial charge on any atom is 0.335 e. The number of rotatable bonds is 7. The third kappa shape index (κ3) is 5.69. The van der Waals surface area contributed by atoms with E-state index >= 15 is 0 Å². The minimum absolute atomic E-state index is 0.182. The number of nitrogens with zero attached hydrogens (tertiary/aromatic N) is 2. The van der Waals surface area contributed by atoms with Gasteiger partial charge < -0.3 is 14.3 Å². The van der Waals surface area contributed by atoms with Crippen LogP contribution in [0.25, 0.3) is 17.4 Å². The second-order valence-electron chi connectivity index (χ2n) is 7.34. The smallest absolute Gasteiger partial charge is 0.335 e. The van der Waals surface area contributed by atoms with Crippen LogP contribution in [0, 0.1) is 0 Å². The van der Waals surface area contributed by atoms with Gasteiger partial charge in [-0.1, -0.05) is 23.9 Å². The van der Waals surface area contributed by atoms with Crippen molar-refractivity contribution in [2.75, 3.05) is 32.8 Å². The highest BCUT2D eigenvalue weighted by atomic mass is 32.2. The van der Waals surface area contributed by atoms with E-state index in [1.165, 1.54) is 12.1 Å². The number of carboxylic acid groups (broad SMARTS) is 1. The molecular weight excluding hydrogens is 466 g/mol. The molecule has 2 fully saturated rings. The van der Waals surface area contributed by atoms with Crippen LogP contribution in [0.2, 0.25) is 0 Å². The number of benzene rings is 1.